The van der Waals surface area contributed by atoms with Crippen LogP contribution in [-0.4, -0.2) is 15.8 Å². The van der Waals surface area contributed by atoms with Crippen molar-refractivity contribution in [3.63, 3.8) is 0 Å². The summed E-state index contributed by atoms with van der Waals surface area (Å²) in [5, 5.41) is 7.82. The molecule has 1 N–H and O–H groups in total. The molecule has 1 fully saturated rings. The van der Waals surface area contributed by atoms with Gasteiger partial charge in [-0.25, -0.2) is 0 Å². The second-order valence-corrected chi connectivity index (χ2v) is 4.63. The van der Waals surface area contributed by atoms with E-state index in [2.05, 4.69) is 34.7 Å². The molecule has 2 aromatic rings. The molecule has 0 saturated heterocycles. The van der Waals surface area contributed by atoms with Gasteiger partial charge in [0, 0.05) is 25.0 Å². The lowest BCUT2D eigenvalue weighted by Crippen LogP contribution is -2.17. The Morgan fingerprint density at radius 2 is 2.00 bits per heavy atom. The van der Waals surface area contributed by atoms with Crippen molar-refractivity contribution in [2.45, 2.75) is 32.0 Å². The molecule has 88 valence electrons. The summed E-state index contributed by atoms with van der Waals surface area (Å²) in [7, 11) is 0. The van der Waals surface area contributed by atoms with E-state index in [1.165, 1.54) is 24.0 Å². The van der Waals surface area contributed by atoms with Crippen molar-refractivity contribution < 1.29 is 0 Å². The SMILES string of the molecule is c1ccc(Cn2cccn2)c(CNC2CC2)c1. The predicted octanol–water partition coefficient (Wildman–Crippen LogP) is 2.18. The predicted molar refractivity (Wildman–Crippen MR) is 67.6 cm³/mol. The molecule has 0 amide bonds. The highest BCUT2D eigenvalue weighted by molar-refractivity contribution is 5.27. The first-order chi connectivity index (χ1) is 8.42. The molecule has 0 spiro atoms. The van der Waals surface area contributed by atoms with Gasteiger partial charge in [-0.1, -0.05) is 24.3 Å². The van der Waals surface area contributed by atoms with E-state index in [1.807, 2.05) is 23.1 Å². The molecule has 1 heterocycles. The van der Waals surface area contributed by atoms with Gasteiger partial charge in [0.2, 0.25) is 0 Å². The van der Waals surface area contributed by atoms with Crippen LogP contribution in [0.3, 0.4) is 0 Å². The lowest BCUT2D eigenvalue weighted by atomic mass is 10.1. The zero-order chi connectivity index (χ0) is 11.5. The Bertz CT molecular complexity index is 472. The minimum atomic E-state index is 0.757. The van der Waals surface area contributed by atoms with E-state index >= 15 is 0 Å². The average molecular weight is 227 g/mol. The van der Waals surface area contributed by atoms with E-state index in [4.69, 9.17) is 0 Å². The second-order valence-electron chi connectivity index (χ2n) is 4.63. The summed E-state index contributed by atoms with van der Waals surface area (Å²) < 4.78 is 1.97. The maximum Gasteiger partial charge on any atom is 0.0662 e. The van der Waals surface area contributed by atoms with Crippen LogP contribution in [0, 0.1) is 0 Å². The Morgan fingerprint density at radius 3 is 2.71 bits per heavy atom. The summed E-state index contributed by atoms with van der Waals surface area (Å²) in [5.41, 5.74) is 2.74. The number of aromatic nitrogens is 2. The van der Waals surface area contributed by atoms with Gasteiger partial charge < -0.3 is 5.32 Å². The maximum absolute atomic E-state index is 4.26. The highest BCUT2D eigenvalue weighted by Gasteiger charge is 2.20. The third kappa shape index (κ3) is 2.74. The largest absolute Gasteiger partial charge is 0.310 e. The molecule has 0 aliphatic heterocycles. The topological polar surface area (TPSA) is 29.9 Å². The van der Waals surface area contributed by atoms with Crippen LogP contribution in [0.15, 0.2) is 42.7 Å². The Labute approximate surface area is 101 Å². The van der Waals surface area contributed by atoms with Crippen LogP contribution < -0.4 is 5.32 Å². The van der Waals surface area contributed by atoms with Gasteiger partial charge in [0.05, 0.1) is 6.54 Å². The summed E-state index contributed by atoms with van der Waals surface area (Å²) in [5.74, 6) is 0. The monoisotopic (exact) mass is 227 g/mol. The zero-order valence-corrected chi connectivity index (χ0v) is 9.84. The second kappa shape index (κ2) is 4.72. The smallest absolute Gasteiger partial charge is 0.0662 e. The number of nitrogens with one attached hydrogen (secondary N) is 1. The van der Waals surface area contributed by atoms with E-state index in [-0.39, 0.29) is 0 Å². The number of nitrogens with zero attached hydrogens (tertiary/aromatic N) is 2. The number of rotatable bonds is 5. The van der Waals surface area contributed by atoms with Crippen LogP contribution in [0.25, 0.3) is 0 Å². The van der Waals surface area contributed by atoms with Crippen LogP contribution in [0.2, 0.25) is 0 Å². The Balaban J connectivity index is 1.72. The Hall–Kier alpha value is -1.61. The van der Waals surface area contributed by atoms with Gasteiger partial charge in [-0.3, -0.25) is 4.68 Å². The van der Waals surface area contributed by atoms with Crippen molar-refractivity contribution in [1.82, 2.24) is 15.1 Å². The van der Waals surface area contributed by atoms with Crippen LogP contribution in [-0.2, 0) is 13.1 Å². The molecule has 1 aromatic heterocycles. The highest BCUT2D eigenvalue weighted by atomic mass is 15.3. The molecular formula is C14H17N3. The molecule has 1 aliphatic rings. The Kier molecular flexibility index (Phi) is 2.92. The quantitative estimate of drug-likeness (QED) is 0.848. The van der Waals surface area contributed by atoms with Gasteiger partial charge in [0.15, 0.2) is 0 Å². The Morgan fingerprint density at radius 1 is 1.18 bits per heavy atom. The van der Waals surface area contributed by atoms with Crippen molar-refractivity contribution in [3.05, 3.63) is 53.9 Å². The minimum Gasteiger partial charge on any atom is -0.310 e. The minimum absolute atomic E-state index is 0.757. The standard InChI is InChI=1S/C14H17N3/c1-2-5-13(11-17-9-3-8-16-17)12(4-1)10-15-14-6-7-14/h1-5,8-9,14-15H,6-7,10-11H2. The van der Waals surface area contributed by atoms with E-state index in [9.17, 15) is 0 Å². The summed E-state index contributed by atoms with van der Waals surface area (Å²) in [6.45, 7) is 1.83. The highest BCUT2D eigenvalue weighted by Crippen LogP contribution is 2.20. The van der Waals surface area contributed by atoms with E-state index in [1.54, 1.807) is 0 Å². The fourth-order valence-corrected chi connectivity index (χ4v) is 1.99. The fourth-order valence-electron chi connectivity index (χ4n) is 1.99. The first-order valence-corrected chi connectivity index (χ1v) is 6.19. The van der Waals surface area contributed by atoms with Gasteiger partial charge in [0.25, 0.3) is 0 Å². The molecule has 0 radical (unpaired) electrons. The molecule has 17 heavy (non-hydrogen) atoms. The van der Waals surface area contributed by atoms with Gasteiger partial charge in [-0.05, 0) is 30.0 Å². The molecule has 1 saturated carbocycles. The zero-order valence-electron chi connectivity index (χ0n) is 9.84. The van der Waals surface area contributed by atoms with E-state index < -0.39 is 0 Å². The summed E-state index contributed by atoms with van der Waals surface area (Å²) in [6.07, 6.45) is 6.50. The molecule has 3 rings (SSSR count). The summed E-state index contributed by atoms with van der Waals surface area (Å²) in [4.78, 5) is 0. The van der Waals surface area contributed by atoms with Crippen LogP contribution in [0.5, 0.6) is 0 Å². The van der Waals surface area contributed by atoms with Crippen LogP contribution in [0.4, 0.5) is 0 Å². The first kappa shape index (κ1) is 10.5. The fraction of sp³-hybridized carbons (Fsp3) is 0.357. The first-order valence-electron chi connectivity index (χ1n) is 6.19. The van der Waals surface area contributed by atoms with Crippen LogP contribution >= 0.6 is 0 Å². The number of hydrogen-bond donors (Lipinski definition) is 1. The van der Waals surface area contributed by atoms with Gasteiger partial charge in [0.1, 0.15) is 0 Å². The van der Waals surface area contributed by atoms with E-state index in [0.717, 1.165) is 19.1 Å². The van der Waals surface area contributed by atoms with Gasteiger partial charge in [-0.15, -0.1) is 0 Å². The van der Waals surface area contributed by atoms with Crippen molar-refractivity contribution >= 4 is 0 Å². The molecule has 1 aromatic carbocycles. The third-order valence-electron chi connectivity index (χ3n) is 3.17. The molecule has 1 aliphatic carbocycles. The lowest BCUT2D eigenvalue weighted by Gasteiger charge is -2.10. The molecule has 3 heteroatoms. The van der Waals surface area contributed by atoms with Crippen molar-refractivity contribution in [2.75, 3.05) is 0 Å². The number of hydrogen-bond acceptors (Lipinski definition) is 2. The maximum atomic E-state index is 4.26. The van der Waals surface area contributed by atoms with Crippen LogP contribution in [0.1, 0.15) is 24.0 Å². The average Bonchev–Trinajstić information content (AvgIpc) is 3.05. The molecule has 3 nitrogen and oxygen atoms in total. The third-order valence-corrected chi connectivity index (χ3v) is 3.17. The van der Waals surface area contributed by atoms with Gasteiger partial charge in [-0.2, -0.15) is 5.10 Å². The van der Waals surface area contributed by atoms with Crippen molar-refractivity contribution in [3.8, 4) is 0 Å². The van der Waals surface area contributed by atoms with Gasteiger partial charge >= 0.3 is 0 Å². The van der Waals surface area contributed by atoms with Crippen molar-refractivity contribution in [2.24, 2.45) is 0 Å². The van der Waals surface area contributed by atoms with Crippen molar-refractivity contribution in [1.29, 1.82) is 0 Å². The molecule has 0 unspecified atom stereocenters. The summed E-state index contributed by atoms with van der Waals surface area (Å²) in [6, 6.07) is 11.3. The summed E-state index contributed by atoms with van der Waals surface area (Å²) >= 11 is 0. The number of benzene rings is 1. The molecule has 0 bridgehead atoms. The van der Waals surface area contributed by atoms with E-state index in [0.29, 0.717) is 0 Å². The lowest BCUT2D eigenvalue weighted by molar-refractivity contribution is 0.654. The molecular weight excluding hydrogens is 210 g/mol. The normalized spacial score (nSPS) is 15.1. The molecule has 0 atom stereocenters.